The van der Waals surface area contributed by atoms with Crippen LogP contribution in [0, 0.1) is 6.92 Å². The molecule has 0 saturated heterocycles. The molecule has 0 amide bonds. The van der Waals surface area contributed by atoms with Crippen molar-refractivity contribution in [2.75, 3.05) is 21.3 Å². The fourth-order valence-corrected chi connectivity index (χ4v) is 2.75. The van der Waals surface area contributed by atoms with Crippen LogP contribution in [0.3, 0.4) is 0 Å². The molecule has 0 spiro atoms. The Labute approximate surface area is 151 Å². The Kier molecular flexibility index (Phi) is 4.97. The molecular formula is C19H20N2O5. The number of hydrogen-bond donors (Lipinski definition) is 0. The normalized spacial score (nSPS) is 10.6. The number of hydrogen-bond acceptors (Lipinski definition) is 6. The molecule has 0 saturated carbocycles. The Morgan fingerprint density at radius 3 is 2.38 bits per heavy atom. The van der Waals surface area contributed by atoms with E-state index in [9.17, 15) is 4.79 Å². The number of ether oxygens (including phenoxy) is 4. The second-order valence-corrected chi connectivity index (χ2v) is 5.56. The van der Waals surface area contributed by atoms with Crippen molar-refractivity contribution in [2.45, 2.75) is 13.5 Å². The minimum atomic E-state index is -0.491. The van der Waals surface area contributed by atoms with Crippen LogP contribution in [0.15, 0.2) is 36.5 Å². The molecule has 0 fully saturated rings. The molecule has 7 heteroatoms. The maximum absolute atomic E-state index is 12.5. The average Bonchev–Trinajstić information content (AvgIpc) is 2.99. The van der Waals surface area contributed by atoms with Crippen LogP contribution in [-0.2, 0) is 11.3 Å². The quantitative estimate of drug-likeness (QED) is 0.632. The molecule has 26 heavy (non-hydrogen) atoms. The molecule has 136 valence electrons. The number of fused-ring (bicyclic) bond motifs is 1. The zero-order valence-corrected chi connectivity index (χ0v) is 15.1. The lowest BCUT2D eigenvalue weighted by Gasteiger charge is -2.14. The van der Waals surface area contributed by atoms with E-state index in [1.165, 1.54) is 21.3 Å². The molecule has 0 aliphatic heterocycles. The van der Waals surface area contributed by atoms with Gasteiger partial charge in [-0.1, -0.05) is 6.07 Å². The number of carbonyl (C=O) groups is 1. The van der Waals surface area contributed by atoms with Crippen molar-refractivity contribution in [1.29, 1.82) is 0 Å². The van der Waals surface area contributed by atoms with Crippen LogP contribution < -0.4 is 14.2 Å². The predicted octanol–water partition coefficient (Wildman–Crippen LogP) is 3.03. The first-order chi connectivity index (χ1) is 12.6. The third-order valence-electron chi connectivity index (χ3n) is 4.07. The number of aryl methyl sites for hydroxylation is 1. The van der Waals surface area contributed by atoms with Gasteiger partial charge >= 0.3 is 5.97 Å². The standard InChI is InChI=1S/C19H20N2O5/c1-12-14(21-8-6-5-7-17(21)20-12)11-26-19(22)13-9-15(23-2)18(25-4)16(10-13)24-3/h5-10H,11H2,1-4H3. The van der Waals surface area contributed by atoms with E-state index >= 15 is 0 Å². The molecule has 1 aromatic carbocycles. The highest BCUT2D eigenvalue weighted by Crippen LogP contribution is 2.38. The first kappa shape index (κ1) is 17.6. The Morgan fingerprint density at radius 1 is 1.08 bits per heavy atom. The van der Waals surface area contributed by atoms with Crippen LogP contribution in [-0.4, -0.2) is 36.7 Å². The van der Waals surface area contributed by atoms with Gasteiger partial charge in [-0.2, -0.15) is 0 Å². The van der Waals surface area contributed by atoms with Gasteiger partial charge in [0.15, 0.2) is 11.5 Å². The van der Waals surface area contributed by atoms with Gasteiger partial charge in [0.25, 0.3) is 0 Å². The van der Waals surface area contributed by atoms with Crippen LogP contribution in [0.5, 0.6) is 17.2 Å². The van der Waals surface area contributed by atoms with Crippen molar-refractivity contribution in [2.24, 2.45) is 0 Å². The monoisotopic (exact) mass is 356 g/mol. The van der Waals surface area contributed by atoms with Gasteiger partial charge in [0, 0.05) is 6.20 Å². The van der Waals surface area contributed by atoms with E-state index in [4.69, 9.17) is 18.9 Å². The van der Waals surface area contributed by atoms with E-state index in [2.05, 4.69) is 4.98 Å². The van der Waals surface area contributed by atoms with Gasteiger partial charge in [0.05, 0.1) is 38.3 Å². The van der Waals surface area contributed by atoms with E-state index in [1.54, 1.807) is 12.1 Å². The number of benzene rings is 1. The third kappa shape index (κ3) is 3.15. The minimum Gasteiger partial charge on any atom is -0.493 e. The lowest BCUT2D eigenvalue weighted by molar-refractivity contribution is 0.0465. The van der Waals surface area contributed by atoms with E-state index in [0.29, 0.717) is 22.8 Å². The Balaban J connectivity index is 1.85. The van der Waals surface area contributed by atoms with Crippen LogP contribution in [0.4, 0.5) is 0 Å². The Hall–Kier alpha value is -3.22. The van der Waals surface area contributed by atoms with Crippen LogP contribution in [0.1, 0.15) is 21.7 Å². The first-order valence-electron chi connectivity index (χ1n) is 7.98. The highest BCUT2D eigenvalue weighted by Gasteiger charge is 2.19. The maximum atomic E-state index is 12.5. The highest BCUT2D eigenvalue weighted by atomic mass is 16.5. The summed E-state index contributed by atoms with van der Waals surface area (Å²) in [5.74, 6) is 0.716. The second kappa shape index (κ2) is 7.35. The summed E-state index contributed by atoms with van der Waals surface area (Å²) >= 11 is 0. The number of carbonyl (C=O) groups excluding carboxylic acids is 1. The van der Waals surface area contributed by atoms with E-state index in [1.807, 2.05) is 35.7 Å². The molecule has 7 nitrogen and oxygen atoms in total. The molecule has 3 aromatic rings. The van der Waals surface area contributed by atoms with Crippen molar-refractivity contribution in [3.05, 3.63) is 53.5 Å². The lowest BCUT2D eigenvalue weighted by atomic mass is 10.2. The third-order valence-corrected chi connectivity index (χ3v) is 4.07. The van der Waals surface area contributed by atoms with Gasteiger partial charge in [-0.3, -0.25) is 0 Å². The number of esters is 1. The molecule has 0 radical (unpaired) electrons. The Morgan fingerprint density at radius 2 is 1.77 bits per heavy atom. The van der Waals surface area contributed by atoms with Gasteiger partial charge in [-0.05, 0) is 31.2 Å². The number of methoxy groups -OCH3 is 3. The summed E-state index contributed by atoms with van der Waals surface area (Å²) in [5.41, 5.74) is 2.75. The molecule has 0 unspecified atom stereocenters. The molecular weight excluding hydrogens is 336 g/mol. The van der Waals surface area contributed by atoms with Crippen molar-refractivity contribution in [1.82, 2.24) is 9.38 Å². The number of pyridine rings is 1. The number of imidazole rings is 1. The summed E-state index contributed by atoms with van der Waals surface area (Å²) in [6.45, 7) is 1.99. The molecule has 2 heterocycles. The average molecular weight is 356 g/mol. The summed E-state index contributed by atoms with van der Waals surface area (Å²) in [6, 6.07) is 8.83. The fraction of sp³-hybridized carbons (Fsp3) is 0.263. The summed E-state index contributed by atoms with van der Waals surface area (Å²) in [6.07, 6.45) is 1.89. The Bertz CT molecular complexity index is 923. The molecule has 3 rings (SSSR count). The summed E-state index contributed by atoms with van der Waals surface area (Å²) in [7, 11) is 4.49. The highest BCUT2D eigenvalue weighted by molar-refractivity contribution is 5.91. The smallest absolute Gasteiger partial charge is 0.338 e. The molecule has 0 atom stereocenters. The van der Waals surface area contributed by atoms with E-state index in [0.717, 1.165) is 17.0 Å². The van der Waals surface area contributed by atoms with Gasteiger partial charge < -0.3 is 23.3 Å². The SMILES string of the molecule is COc1cc(C(=O)OCc2c(C)nc3ccccn23)cc(OC)c1OC. The first-order valence-corrected chi connectivity index (χ1v) is 7.98. The van der Waals surface area contributed by atoms with Crippen LogP contribution >= 0.6 is 0 Å². The van der Waals surface area contributed by atoms with Gasteiger partial charge in [0.2, 0.25) is 5.75 Å². The molecule has 0 aliphatic rings. The molecule has 2 aromatic heterocycles. The minimum absolute atomic E-state index is 0.104. The second-order valence-electron chi connectivity index (χ2n) is 5.56. The van der Waals surface area contributed by atoms with E-state index in [-0.39, 0.29) is 6.61 Å². The van der Waals surface area contributed by atoms with Gasteiger partial charge in [0.1, 0.15) is 12.3 Å². The zero-order chi connectivity index (χ0) is 18.7. The molecule has 0 aliphatic carbocycles. The number of rotatable bonds is 6. The summed E-state index contributed by atoms with van der Waals surface area (Å²) < 4.78 is 23.2. The fourth-order valence-electron chi connectivity index (χ4n) is 2.75. The maximum Gasteiger partial charge on any atom is 0.338 e. The molecule has 0 bridgehead atoms. The van der Waals surface area contributed by atoms with Crippen LogP contribution in [0.2, 0.25) is 0 Å². The zero-order valence-electron chi connectivity index (χ0n) is 15.1. The predicted molar refractivity (Wildman–Crippen MR) is 95.1 cm³/mol. The summed E-state index contributed by atoms with van der Waals surface area (Å²) in [5, 5.41) is 0. The van der Waals surface area contributed by atoms with Crippen molar-refractivity contribution in [3.63, 3.8) is 0 Å². The van der Waals surface area contributed by atoms with Crippen molar-refractivity contribution < 1.29 is 23.7 Å². The largest absolute Gasteiger partial charge is 0.493 e. The number of aromatic nitrogens is 2. The van der Waals surface area contributed by atoms with Crippen molar-refractivity contribution >= 4 is 11.6 Å². The molecule has 0 N–H and O–H groups in total. The van der Waals surface area contributed by atoms with E-state index < -0.39 is 5.97 Å². The van der Waals surface area contributed by atoms with Gasteiger partial charge in [-0.15, -0.1) is 0 Å². The van der Waals surface area contributed by atoms with Crippen molar-refractivity contribution in [3.8, 4) is 17.2 Å². The topological polar surface area (TPSA) is 71.3 Å². The van der Waals surface area contributed by atoms with Gasteiger partial charge in [-0.25, -0.2) is 9.78 Å². The van der Waals surface area contributed by atoms with Crippen LogP contribution in [0.25, 0.3) is 5.65 Å². The number of nitrogens with zero attached hydrogens (tertiary/aromatic N) is 2. The lowest BCUT2D eigenvalue weighted by Crippen LogP contribution is -2.08. The summed E-state index contributed by atoms with van der Waals surface area (Å²) in [4.78, 5) is 17.0.